The van der Waals surface area contributed by atoms with E-state index in [1.807, 2.05) is 23.6 Å². The second-order valence-corrected chi connectivity index (χ2v) is 9.10. The standard InChI is InChI=1S/C21H24Cl2N6/c1-13-17(14-4-2-5-15(22)18(14)23)19-25-12-26-29(19)20(27-13)28-10-8-21(9-11-28)7-3-6-16(21)24/h2,4-5,12,16H,3,6-11,24H2,1H3/t16-/m1/s1. The predicted octanol–water partition coefficient (Wildman–Crippen LogP) is 4.50. The molecule has 3 heterocycles. The third kappa shape index (κ3) is 3.00. The van der Waals surface area contributed by atoms with E-state index in [0.29, 0.717) is 21.5 Å². The van der Waals surface area contributed by atoms with Crippen LogP contribution in [0.5, 0.6) is 0 Å². The fourth-order valence-electron chi connectivity index (χ4n) is 5.13. The maximum absolute atomic E-state index is 6.50. The van der Waals surface area contributed by atoms with Gasteiger partial charge < -0.3 is 10.6 Å². The smallest absolute Gasteiger partial charge is 0.228 e. The third-order valence-electron chi connectivity index (χ3n) is 6.83. The minimum atomic E-state index is 0.307. The Balaban J connectivity index is 1.54. The molecule has 29 heavy (non-hydrogen) atoms. The minimum Gasteiger partial charge on any atom is -0.341 e. The van der Waals surface area contributed by atoms with Gasteiger partial charge in [-0.3, -0.25) is 0 Å². The zero-order chi connectivity index (χ0) is 20.2. The van der Waals surface area contributed by atoms with Gasteiger partial charge in [0.15, 0.2) is 5.65 Å². The van der Waals surface area contributed by atoms with Gasteiger partial charge in [0.2, 0.25) is 5.95 Å². The van der Waals surface area contributed by atoms with Gasteiger partial charge in [-0.05, 0) is 44.1 Å². The molecule has 1 saturated heterocycles. The molecule has 8 heteroatoms. The van der Waals surface area contributed by atoms with Crippen molar-refractivity contribution < 1.29 is 0 Å². The Kier molecular flexibility index (Phi) is 4.68. The Labute approximate surface area is 180 Å². The second kappa shape index (κ2) is 7.11. The van der Waals surface area contributed by atoms with Gasteiger partial charge in [-0.1, -0.05) is 41.8 Å². The van der Waals surface area contributed by atoms with E-state index in [1.54, 1.807) is 12.4 Å². The topological polar surface area (TPSA) is 72.3 Å². The highest BCUT2D eigenvalue weighted by Crippen LogP contribution is 2.46. The van der Waals surface area contributed by atoms with Gasteiger partial charge in [0.25, 0.3) is 0 Å². The average Bonchev–Trinajstić information content (AvgIpc) is 3.33. The van der Waals surface area contributed by atoms with E-state index in [0.717, 1.165) is 60.8 Å². The number of hydrogen-bond donors (Lipinski definition) is 1. The molecule has 6 nitrogen and oxygen atoms in total. The van der Waals surface area contributed by atoms with E-state index in [2.05, 4.69) is 15.0 Å². The zero-order valence-corrected chi connectivity index (χ0v) is 17.9. The van der Waals surface area contributed by atoms with Crippen LogP contribution in [0.4, 0.5) is 5.95 Å². The van der Waals surface area contributed by atoms with Crippen molar-refractivity contribution in [1.29, 1.82) is 0 Å². The van der Waals surface area contributed by atoms with Crippen LogP contribution in [0.1, 0.15) is 37.8 Å². The molecule has 0 bridgehead atoms. The highest BCUT2D eigenvalue weighted by Gasteiger charge is 2.43. The molecular formula is C21H24Cl2N6. The first-order valence-corrected chi connectivity index (χ1v) is 10.9. The SMILES string of the molecule is Cc1nc(N2CCC3(CCC[C@H]3N)CC2)n2ncnc2c1-c1cccc(Cl)c1Cl. The van der Waals surface area contributed by atoms with Gasteiger partial charge in [-0.25, -0.2) is 9.97 Å². The summed E-state index contributed by atoms with van der Waals surface area (Å²) in [6.07, 6.45) is 7.43. The van der Waals surface area contributed by atoms with Crippen molar-refractivity contribution in [2.75, 3.05) is 18.0 Å². The van der Waals surface area contributed by atoms with E-state index in [1.165, 1.54) is 12.8 Å². The van der Waals surface area contributed by atoms with Gasteiger partial charge in [-0.2, -0.15) is 9.61 Å². The van der Waals surface area contributed by atoms with Crippen molar-refractivity contribution >= 4 is 34.8 Å². The first kappa shape index (κ1) is 19.1. The first-order valence-electron chi connectivity index (χ1n) is 10.2. The van der Waals surface area contributed by atoms with Gasteiger partial charge in [0.05, 0.1) is 15.7 Å². The molecule has 0 amide bonds. The highest BCUT2D eigenvalue weighted by atomic mass is 35.5. The fourth-order valence-corrected chi connectivity index (χ4v) is 5.52. The van der Waals surface area contributed by atoms with Crippen LogP contribution in [0.25, 0.3) is 16.8 Å². The van der Waals surface area contributed by atoms with Gasteiger partial charge in [-0.15, -0.1) is 0 Å². The van der Waals surface area contributed by atoms with Crippen LogP contribution < -0.4 is 10.6 Å². The van der Waals surface area contributed by atoms with E-state index in [-0.39, 0.29) is 0 Å². The summed E-state index contributed by atoms with van der Waals surface area (Å²) >= 11 is 12.8. The quantitative estimate of drug-likeness (QED) is 0.647. The maximum atomic E-state index is 6.50. The molecule has 1 saturated carbocycles. The molecule has 2 N–H and O–H groups in total. The highest BCUT2D eigenvalue weighted by molar-refractivity contribution is 6.43. The lowest BCUT2D eigenvalue weighted by atomic mass is 9.74. The summed E-state index contributed by atoms with van der Waals surface area (Å²) in [5.74, 6) is 0.832. The van der Waals surface area contributed by atoms with Gasteiger partial charge >= 0.3 is 0 Å². The summed E-state index contributed by atoms with van der Waals surface area (Å²) in [6.45, 7) is 3.86. The summed E-state index contributed by atoms with van der Waals surface area (Å²) < 4.78 is 1.83. The molecule has 2 aromatic heterocycles. The van der Waals surface area contributed by atoms with Crippen LogP contribution >= 0.6 is 23.2 Å². The Morgan fingerprint density at radius 3 is 2.69 bits per heavy atom. The number of benzene rings is 1. The minimum absolute atomic E-state index is 0.307. The van der Waals surface area contributed by atoms with E-state index < -0.39 is 0 Å². The first-order chi connectivity index (χ1) is 14.0. The lowest BCUT2D eigenvalue weighted by Crippen LogP contribution is -2.47. The number of hydrogen-bond acceptors (Lipinski definition) is 5. The largest absolute Gasteiger partial charge is 0.341 e. The second-order valence-electron chi connectivity index (χ2n) is 8.32. The molecule has 2 fully saturated rings. The van der Waals surface area contributed by atoms with Gasteiger partial charge in [0.1, 0.15) is 6.33 Å². The Hall–Kier alpha value is -1.89. The number of nitrogens with zero attached hydrogens (tertiary/aromatic N) is 5. The van der Waals surface area contributed by atoms with Crippen molar-refractivity contribution in [2.45, 2.75) is 45.1 Å². The molecule has 152 valence electrons. The van der Waals surface area contributed by atoms with Crippen molar-refractivity contribution in [3.63, 3.8) is 0 Å². The molecule has 1 aliphatic carbocycles. The van der Waals surface area contributed by atoms with Crippen molar-refractivity contribution in [3.05, 3.63) is 40.3 Å². The molecule has 0 unspecified atom stereocenters. The maximum Gasteiger partial charge on any atom is 0.228 e. The molecule has 1 aromatic carbocycles. The lowest BCUT2D eigenvalue weighted by Gasteiger charge is -2.42. The van der Waals surface area contributed by atoms with Crippen LogP contribution in [-0.2, 0) is 0 Å². The number of nitrogens with two attached hydrogens (primary N) is 1. The molecule has 0 radical (unpaired) electrons. The Bertz CT molecular complexity index is 1070. The van der Waals surface area contributed by atoms with E-state index in [9.17, 15) is 0 Å². The monoisotopic (exact) mass is 430 g/mol. The summed E-state index contributed by atoms with van der Waals surface area (Å²) in [5.41, 5.74) is 10.1. The molecule has 1 spiro atoms. The molecule has 5 rings (SSSR count). The molecule has 1 atom stereocenters. The molecule has 1 aliphatic heterocycles. The fraction of sp³-hybridized carbons (Fsp3) is 0.476. The summed E-state index contributed by atoms with van der Waals surface area (Å²) in [7, 11) is 0. The number of rotatable bonds is 2. The summed E-state index contributed by atoms with van der Waals surface area (Å²) in [5, 5.41) is 5.50. The van der Waals surface area contributed by atoms with E-state index in [4.69, 9.17) is 33.9 Å². The third-order valence-corrected chi connectivity index (χ3v) is 7.65. The van der Waals surface area contributed by atoms with Crippen LogP contribution in [0, 0.1) is 12.3 Å². The normalized spacial score (nSPS) is 21.4. The van der Waals surface area contributed by atoms with Crippen molar-refractivity contribution in [3.8, 4) is 11.1 Å². The van der Waals surface area contributed by atoms with Crippen LogP contribution in [0.15, 0.2) is 24.5 Å². The number of aromatic nitrogens is 4. The molecule has 3 aromatic rings. The number of anilines is 1. The van der Waals surface area contributed by atoms with Crippen LogP contribution in [-0.4, -0.2) is 38.7 Å². The summed E-state index contributed by atoms with van der Waals surface area (Å²) in [4.78, 5) is 11.8. The van der Waals surface area contributed by atoms with Crippen molar-refractivity contribution in [2.24, 2.45) is 11.1 Å². The van der Waals surface area contributed by atoms with Crippen LogP contribution in [0.2, 0.25) is 10.0 Å². The number of aryl methyl sites for hydroxylation is 1. The van der Waals surface area contributed by atoms with Gasteiger partial charge in [0, 0.05) is 30.3 Å². The summed E-state index contributed by atoms with van der Waals surface area (Å²) in [6, 6.07) is 5.94. The van der Waals surface area contributed by atoms with Crippen LogP contribution in [0.3, 0.4) is 0 Å². The lowest BCUT2D eigenvalue weighted by molar-refractivity contribution is 0.196. The van der Waals surface area contributed by atoms with Crippen molar-refractivity contribution in [1.82, 2.24) is 19.6 Å². The number of piperidine rings is 1. The predicted molar refractivity (Wildman–Crippen MR) is 117 cm³/mol. The zero-order valence-electron chi connectivity index (χ0n) is 16.4. The number of halogens is 2. The Morgan fingerprint density at radius 2 is 1.97 bits per heavy atom. The average molecular weight is 431 g/mol. The number of fused-ring (bicyclic) bond motifs is 1. The molecule has 2 aliphatic rings. The molecular weight excluding hydrogens is 407 g/mol. The Morgan fingerprint density at radius 1 is 1.17 bits per heavy atom. The van der Waals surface area contributed by atoms with E-state index >= 15 is 0 Å².